The van der Waals surface area contributed by atoms with E-state index >= 15 is 0 Å². The number of hydrogen-bond donors (Lipinski definition) is 0. The summed E-state index contributed by atoms with van der Waals surface area (Å²) in [5.74, 6) is 1.21. The average molecular weight is 296 g/mol. The molecule has 4 rings (SSSR count). The van der Waals surface area contributed by atoms with Gasteiger partial charge in [-0.3, -0.25) is 9.59 Å². The van der Waals surface area contributed by atoms with E-state index in [-0.39, 0.29) is 11.9 Å². The summed E-state index contributed by atoms with van der Waals surface area (Å²) >= 11 is 0. The number of benzene rings is 2. The van der Waals surface area contributed by atoms with Crippen molar-refractivity contribution in [1.82, 2.24) is 0 Å². The summed E-state index contributed by atoms with van der Waals surface area (Å²) in [4.78, 5) is 21.6. The maximum atomic E-state index is 10.8. The molecule has 0 saturated carbocycles. The van der Waals surface area contributed by atoms with Crippen LogP contribution in [0.25, 0.3) is 0 Å². The van der Waals surface area contributed by atoms with Crippen LogP contribution in [0.5, 0.6) is 11.5 Å². The van der Waals surface area contributed by atoms with Gasteiger partial charge in [0, 0.05) is 0 Å². The second-order valence-corrected chi connectivity index (χ2v) is 5.16. The number of aryl methyl sites for hydroxylation is 2. The Morgan fingerprint density at radius 3 is 1.45 bits per heavy atom. The van der Waals surface area contributed by atoms with Crippen LogP contribution in [-0.2, 0) is 22.4 Å². The van der Waals surface area contributed by atoms with Gasteiger partial charge in [-0.1, -0.05) is 36.4 Å². The van der Waals surface area contributed by atoms with Crippen LogP contribution in [0.4, 0.5) is 0 Å². The highest BCUT2D eigenvalue weighted by Gasteiger charge is 2.15. The molecular formula is C18H16O4. The van der Waals surface area contributed by atoms with Crippen molar-refractivity contribution >= 4 is 11.9 Å². The minimum atomic E-state index is -0.122. The Hall–Kier alpha value is -2.62. The van der Waals surface area contributed by atoms with Gasteiger partial charge in [-0.2, -0.15) is 0 Å². The molecule has 0 bridgehead atoms. The van der Waals surface area contributed by atoms with Crippen molar-refractivity contribution in [2.45, 2.75) is 25.7 Å². The fraction of sp³-hybridized carbons (Fsp3) is 0.222. The third-order valence-electron chi connectivity index (χ3n) is 3.59. The number of hydrogen-bond acceptors (Lipinski definition) is 4. The van der Waals surface area contributed by atoms with Crippen LogP contribution in [0.15, 0.2) is 48.5 Å². The van der Waals surface area contributed by atoms with Gasteiger partial charge < -0.3 is 9.47 Å². The molecule has 112 valence electrons. The zero-order valence-electron chi connectivity index (χ0n) is 12.1. The highest BCUT2D eigenvalue weighted by Crippen LogP contribution is 2.24. The molecule has 0 atom stereocenters. The van der Waals surface area contributed by atoms with Crippen molar-refractivity contribution in [3.8, 4) is 11.5 Å². The maximum absolute atomic E-state index is 10.8. The summed E-state index contributed by atoms with van der Waals surface area (Å²) in [5.41, 5.74) is 2.26. The molecule has 0 aromatic heterocycles. The van der Waals surface area contributed by atoms with Crippen LogP contribution >= 0.6 is 0 Å². The van der Waals surface area contributed by atoms with Gasteiger partial charge in [-0.25, -0.2) is 0 Å². The minimum absolute atomic E-state index is 0.122. The van der Waals surface area contributed by atoms with Crippen LogP contribution in [0.1, 0.15) is 24.0 Å². The van der Waals surface area contributed by atoms with Crippen molar-refractivity contribution < 1.29 is 19.1 Å². The average Bonchev–Trinajstić information content (AvgIpc) is 2.55. The lowest BCUT2D eigenvalue weighted by Crippen LogP contribution is -2.15. The first-order chi connectivity index (χ1) is 10.7. The lowest BCUT2D eigenvalue weighted by molar-refractivity contribution is -0.136. The van der Waals surface area contributed by atoms with E-state index in [2.05, 4.69) is 0 Å². The van der Waals surface area contributed by atoms with Gasteiger partial charge >= 0.3 is 11.9 Å². The summed E-state index contributed by atoms with van der Waals surface area (Å²) in [7, 11) is 0. The summed E-state index contributed by atoms with van der Waals surface area (Å²) in [5, 5.41) is 0. The third-order valence-corrected chi connectivity index (χ3v) is 3.59. The second-order valence-electron chi connectivity index (χ2n) is 5.16. The molecule has 2 aliphatic rings. The van der Waals surface area contributed by atoms with Gasteiger partial charge in [-0.15, -0.1) is 0 Å². The van der Waals surface area contributed by atoms with E-state index in [1.54, 1.807) is 0 Å². The van der Waals surface area contributed by atoms with E-state index < -0.39 is 0 Å². The number of carbonyl (C=O) groups excluding carboxylic acids is 2. The highest BCUT2D eigenvalue weighted by atomic mass is 16.5. The summed E-state index contributed by atoms with van der Waals surface area (Å²) in [6.45, 7) is 0. The molecule has 2 aliphatic heterocycles. The topological polar surface area (TPSA) is 52.6 Å². The predicted octanol–water partition coefficient (Wildman–Crippen LogP) is 3.08. The van der Waals surface area contributed by atoms with Gasteiger partial charge in [0.2, 0.25) is 0 Å². The van der Waals surface area contributed by atoms with Gasteiger partial charge in [0.25, 0.3) is 0 Å². The Bertz CT molecular complexity index is 644. The zero-order valence-corrected chi connectivity index (χ0v) is 12.1. The third kappa shape index (κ3) is 3.34. The summed E-state index contributed by atoms with van der Waals surface area (Å²) < 4.78 is 9.99. The molecule has 0 saturated heterocycles. The maximum Gasteiger partial charge on any atom is 0.311 e. The van der Waals surface area contributed by atoms with Crippen LogP contribution in [0.2, 0.25) is 0 Å². The lowest BCUT2D eigenvalue weighted by Gasteiger charge is -2.13. The fourth-order valence-electron chi connectivity index (χ4n) is 2.44. The number of fused-ring (bicyclic) bond motifs is 2. The van der Waals surface area contributed by atoms with Gasteiger partial charge in [-0.05, 0) is 36.1 Å². The van der Waals surface area contributed by atoms with Crippen molar-refractivity contribution in [2.24, 2.45) is 0 Å². The Balaban J connectivity index is 0.000000131. The number of ether oxygens (including phenoxy) is 2. The first kappa shape index (κ1) is 14.3. The quantitative estimate of drug-likeness (QED) is 0.554. The molecule has 2 heterocycles. The molecule has 0 unspecified atom stereocenters. The number of rotatable bonds is 0. The number of para-hydroxylation sites is 2. The summed E-state index contributed by atoms with van der Waals surface area (Å²) in [6.07, 6.45) is 2.65. The van der Waals surface area contributed by atoms with Crippen LogP contribution in [-0.4, -0.2) is 11.9 Å². The number of esters is 2. The Labute approximate surface area is 128 Å². The monoisotopic (exact) mass is 296 g/mol. The molecule has 2 aromatic carbocycles. The molecule has 0 fully saturated rings. The SMILES string of the molecule is O=C1CCc2ccccc2O1.O=C1CCc2ccccc2O1. The molecule has 0 radical (unpaired) electrons. The van der Waals surface area contributed by atoms with Crippen LogP contribution < -0.4 is 9.47 Å². The molecule has 0 N–H and O–H groups in total. The first-order valence-electron chi connectivity index (χ1n) is 7.29. The number of carbonyl (C=O) groups is 2. The van der Waals surface area contributed by atoms with E-state index in [4.69, 9.17) is 9.47 Å². The molecule has 0 spiro atoms. The molecule has 4 heteroatoms. The Morgan fingerprint density at radius 1 is 0.591 bits per heavy atom. The molecule has 2 aromatic rings. The van der Waals surface area contributed by atoms with Crippen molar-refractivity contribution in [1.29, 1.82) is 0 Å². The van der Waals surface area contributed by atoms with Crippen LogP contribution in [0.3, 0.4) is 0 Å². The molecular weight excluding hydrogens is 280 g/mol. The lowest BCUT2D eigenvalue weighted by atomic mass is 10.1. The van der Waals surface area contributed by atoms with Crippen molar-refractivity contribution in [2.75, 3.05) is 0 Å². The van der Waals surface area contributed by atoms with Crippen molar-refractivity contribution in [3.05, 3.63) is 59.7 Å². The van der Waals surface area contributed by atoms with E-state index in [0.29, 0.717) is 12.8 Å². The van der Waals surface area contributed by atoms with Gasteiger partial charge in [0.1, 0.15) is 11.5 Å². The Kier molecular flexibility index (Phi) is 4.19. The zero-order chi connectivity index (χ0) is 15.4. The molecule has 0 amide bonds. The molecule has 0 aliphatic carbocycles. The van der Waals surface area contributed by atoms with E-state index in [1.807, 2.05) is 48.5 Å². The van der Waals surface area contributed by atoms with Gasteiger partial charge in [0.15, 0.2) is 0 Å². The van der Waals surface area contributed by atoms with E-state index in [0.717, 1.165) is 35.5 Å². The smallest absolute Gasteiger partial charge is 0.311 e. The summed E-state index contributed by atoms with van der Waals surface area (Å²) in [6, 6.07) is 15.3. The molecule has 4 nitrogen and oxygen atoms in total. The first-order valence-corrected chi connectivity index (χ1v) is 7.29. The van der Waals surface area contributed by atoms with Crippen LogP contribution in [0, 0.1) is 0 Å². The van der Waals surface area contributed by atoms with Gasteiger partial charge in [0.05, 0.1) is 12.8 Å². The normalized spacial score (nSPS) is 15.5. The Morgan fingerprint density at radius 2 is 1.00 bits per heavy atom. The highest BCUT2D eigenvalue weighted by molar-refractivity contribution is 5.75. The fourth-order valence-corrected chi connectivity index (χ4v) is 2.44. The second kappa shape index (κ2) is 6.43. The van der Waals surface area contributed by atoms with E-state index in [9.17, 15) is 9.59 Å². The van der Waals surface area contributed by atoms with Crippen molar-refractivity contribution in [3.63, 3.8) is 0 Å². The largest absolute Gasteiger partial charge is 0.426 e. The van der Waals surface area contributed by atoms with E-state index in [1.165, 1.54) is 0 Å². The predicted molar refractivity (Wildman–Crippen MR) is 80.8 cm³/mol. The standard InChI is InChI=1S/2C9H8O2/c2*10-9-6-5-7-3-1-2-4-8(7)11-9/h2*1-4H,5-6H2. The minimum Gasteiger partial charge on any atom is -0.426 e. The molecule has 22 heavy (non-hydrogen) atoms.